The second-order valence-electron chi connectivity index (χ2n) is 7.35. The van der Waals surface area contributed by atoms with E-state index in [-0.39, 0.29) is 16.3 Å². The summed E-state index contributed by atoms with van der Waals surface area (Å²) >= 11 is -4.21. The van der Waals surface area contributed by atoms with Crippen LogP contribution >= 0.6 is 0 Å². The van der Waals surface area contributed by atoms with Gasteiger partial charge in [0.2, 0.25) is 0 Å². The number of aliphatic hydroxyl groups excluding tert-OH is 1. The fourth-order valence-corrected chi connectivity index (χ4v) is 5.02. The molecule has 3 aromatic rings. The summed E-state index contributed by atoms with van der Waals surface area (Å²) in [6, 6.07) is 7.71. The van der Waals surface area contributed by atoms with Crippen molar-refractivity contribution in [2.75, 3.05) is 5.32 Å². The van der Waals surface area contributed by atoms with Gasteiger partial charge in [-0.15, -0.1) is 0 Å². The number of hydrogen-bond donors (Lipinski definition) is 3. The predicted octanol–water partition coefficient (Wildman–Crippen LogP) is 2.25. The molecule has 152 valence electrons. The fraction of sp³-hybridized carbons (Fsp3) is 0.350. The molecule has 0 aliphatic heterocycles. The molecule has 1 fully saturated rings. The molecule has 3 N–H and O–H groups in total. The van der Waals surface area contributed by atoms with E-state index in [4.69, 9.17) is 0 Å². The molecule has 1 aliphatic carbocycles. The number of fused-ring (bicyclic) bond motifs is 1. The summed E-state index contributed by atoms with van der Waals surface area (Å²) in [5.41, 5.74) is 1.37. The van der Waals surface area contributed by atoms with E-state index in [9.17, 15) is 17.9 Å². The van der Waals surface area contributed by atoms with Crippen molar-refractivity contribution in [1.82, 2.24) is 15.2 Å². The van der Waals surface area contributed by atoms with Crippen LogP contribution in [-0.4, -0.2) is 50.2 Å². The van der Waals surface area contributed by atoms with E-state index < -0.39 is 18.8 Å². The first kappa shape index (κ1) is 19.7. The molecule has 0 amide bonds. The van der Waals surface area contributed by atoms with Crippen molar-refractivity contribution in [2.45, 2.75) is 43.7 Å². The average Bonchev–Trinajstić information content (AvgIpc) is 2.69. The van der Waals surface area contributed by atoms with Crippen LogP contribution in [-0.2, 0) is 7.67 Å². The molecule has 1 saturated carbocycles. The molecular formula is C20H22N4O4Se. The van der Waals surface area contributed by atoms with Crippen LogP contribution in [0.25, 0.3) is 22.2 Å². The van der Waals surface area contributed by atoms with Gasteiger partial charge in [0, 0.05) is 0 Å². The fourth-order valence-electron chi connectivity index (χ4n) is 3.68. The number of aliphatic hydroxyl groups is 1. The Morgan fingerprint density at radius 3 is 2.66 bits per heavy atom. The summed E-state index contributed by atoms with van der Waals surface area (Å²) in [6.45, 7) is 0. The van der Waals surface area contributed by atoms with Crippen LogP contribution in [0.15, 0.2) is 36.5 Å². The van der Waals surface area contributed by atoms with E-state index in [1.54, 1.807) is 12.3 Å². The van der Waals surface area contributed by atoms with Gasteiger partial charge in [0.25, 0.3) is 0 Å². The van der Waals surface area contributed by atoms with E-state index in [1.165, 1.54) is 18.2 Å². The van der Waals surface area contributed by atoms with Crippen LogP contribution in [0.4, 0.5) is 5.82 Å². The van der Waals surface area contributed by atoms with Gasteiger partial charge in [-0.3, -0.25) is 0 Å². The Hall–Kier alpha value is -2.61. The van der Waals surface area contributed by atoms with Gasteiger partial charge in [-0.2, -0.15) is 0 Å². The van der Waals surface area contributed by atoms with Crippen LogP contribution in [0.2, 0.25) is 5.82 Å². The molecule has 4 rings (SSSR count). The Bertz CT molecular complexity index is 1170. The van der Waals surface area contributed by atoms with Crippen molar-refractivity contribution in [3.05, 3.63) is 36.5 Å². The Morgan fingerprint density at radius 1 is 1.14 bits per heavy atom. The summed E-state index contributed by atoms with van der Waals surface area (Å²) in [5.74, 6) is 1.46. The first-order valence-electron chi connectivity index (χ1n) is 9.44. The van der Waals surface area contributed by atoms with E-state index in [1.807, 2.05) is 6.07 Å². The average molecular weight is 461 g/mol. The van der Waals surface area contributed by atoms with Gasteiger partial charge in [0.1, 0.15) is 0 Å². The Morgan fingerprint density at radius 2 is 1.93 bits per heavy atom. The van der Waals surface area contributed by atoms with Gasteiger partial charge in [-0.1, -0.05) is 6.42 Å². The van der Waals surface area contributed by atoms with Crippen LogP contribution in [0.5, 0.6) is 5.75 Å². The molecule has 0 spiro atoms. The number of aromatic hydroxyl groups is 1. The van der Waals surface area contributed by atoms with E-state index in [0.717, 1.165) is 31.5 Å². The van der Waals surface area contributed by atoms with E-state index in [0.29, 0.717) is 28.0 Å². The summed E-state index contributed by atoms with van der Waals surface area (Å²) in [5, 5.41) is 33.2. The molecule has 2 heterocycles. The molecular weight excluding hydrogens is 439 g/mol. The van der Waals surface area contributed by atoms with E-state index in [2.05, 4.69) is 20.5 Å². The summed E-state index contributed by atoms with van der Waals surface area (Å²) in [6.07, 6.45) is 4.83. The third kappa shape index (κ3) is 3.94. The second-order valence-corrected chi connectivity index (χ2v) is 11.6. The molecule has 8 nitrogen and oxygen atoms in total. The number of nitrogens with one attached hydrogen (secondary N) is 1. The van der Waals surface area contributed by atoms with Crippen molar-refractivity contribution in [3.63, 3.8) is 0 Å². The Labute approximate surface area is 169 Å². The number of aromatic nitrogens is 3. The predicted molar refractivity (Wildman–Crippen MR) is 109 cm³/mol. The minimum atomic E-state index is -4.21. The van der Waals surface area contributed by atoms with Crippen molar-refractivity contribution in [1.29, 1.82) is 0 Å². The number of anilines is 1. The second kappa shape index (κ2) is 7.66. The molecule has 0 bridgehead atoms. The zero-order valence-electron chi connectivity index (χ0n) is 15.9. The third-order valence-corrected chi connectivity index (χ3v) is 7.57. The van der Waals surface area contributed by atoms with Gasteiger partial charge in [-0.05, 0) is 0 Å². The summed E-state index contributed by atoms with van der Waals surface area (Å²) < 4.78 is 23.7. The Kier molecular flexibility index (Phi) is 5.21. The quantitative estimate of drug-likeness (QED) is 0.506. The monoisotopic (exact) mass is 462 g/mol. The van der Waals surface area contributed by atoms with Crippen molar-refractivity contribution < 1.29 is 17.9 Å². The summed E-state index contributed by atoms with van der Waals surface area (Å²) in [7, 11) is 0. The maximum absolute atomic E-state index is 11.8. The molecule has 0 radical (unpaired) electrons. The molecule has 0 saturated heterocycles. The number of rotatable bonds is 4. The molecule has 0 unspecified atom stereocenters. The molecule has 2 aromatic heterocycles. The van der Waals surface area contributed by atoms with Crippen LogP contribution in [0.1, 0.15) is 25.7 Å². The minimum absolute atomic E-state index is 0.0995. The van der Waals surface area contributed by atoms with Gasteiger partial charge in [0.05, 0.1) is 0 Å². The standard InChI is InChI=1S/C20H22N4O4Se/c1-29(27,28)12-8-9-13(17(26)11-12)18-14-5-4-10-21-19(14)20(24-23-18)22-15-6-2-3-7-16(15)25/h4-5,8-11,15-16,25-26H,2-3,6-7H2,1H3,(H,22,24)/t15-,16-/m1/s1. The number of benzene rings is 1. The van der Waals surface area contributed by atoms with Crippen LogP contribution < -0.4 is 9.78 Å². The number of hydrogen-bond acceptors (Lipinski definition) is 8. The molecule has 9 heteroatoms. The number of pyridine rings is 1. The van der Waals surface area contributed by atoms with Crippen molar-refractivity contribution in [2.24, 2.45) is 0 Å². The third-order valence-electron chi connectivity index (χ3n) is 5.24. The molecule has 2 atom stereocenters. The molecule has 1 aromatic carbocycles. The number of phenolic OH excluding ortho intramolecular Hbond substituents is 1. The van der Waals surface area contributed by atoms with Crippen LogP contribution in [0.3, 0.4) is 0 Å². The number of nitrogens with zero attached hydrogens (tertiary/aromatic N) is 3. The SMILES string of the molecule is C[Se](=O)(=O)c1ccc(-c2nnc(N[C@@H]3CCCC[C@H]3O)c3ncccc23)c(O)c1. The van der Waals surface area contributed by atoms with Crippen molar-refractivity contribution >= 4 is 33.9 Å². The molecule has 1 aliphatic rings. The van der Waals surface area contributed by atoms with E-state index >= 15 is 0 Å². The molecule has 29 heavy (non-hydrogen) atoms. The first-order chi connectivity index (χ1) is 13.8. The Balaban J connectivity index is 1.78. The van der Waals surface area contributed by atoms with Gasteiger partial charge < -0.3 is 0 Å². The zero-order valence-corrected chi connectivity index (χ0v) is 17.6. The summed E-state index contributed by atoms with van der Waals surface area (Å²) in [4.78, 5) is 4.42. The first-order valence-corrected chi connectivity index (χ1v) is 13.4. The van der Waals surface area contributed by atoms with Crippen molar-refractivity contribution in [3.8, 4) is 17.0 Å². The van der Waals surface area contributed by atoms with Gasteiger partial charge >= 0.3 is 163 Å². The zero-order chi connectivity index (χ0) is 20.6. The van der Waals surface area contributed by atoms with Gasteiger partial charge in [0.15, 0.2) is 0 Å². The normalized spacial score (nSPS) is 19.9. The van der Waals surface area contributed by atoms with Crippen LogP contribution in [0, 0.1) is 0 Å². The topological polar surface area (TPSA) is 125 Å². The van der Waals surface area contributed by atoms with Gasteiger partial charge in [-0.25, -0.2) is 0 Å². The number of phenols is 1. The maximum atomic E-state index is 11.8.